The van der Waals surface area contributed by atoms with E-state index in [4.69, 9.17) is 0 Å². The smallest absolute Gasteiger partial charge is 0.320 e. The maximum atomic E-state index is 13.0. The molecule has 26 heavy (non-hydrogen) atoms. The van der Waals surface area contributed by atoms with Gasteiger partial charge in [0.1, 0.15) is 0 Å². The minimum absolute atomic E-state index is 0.128. The van der Waals surface area contributed by atoms with E-state index in [0.29, 0.717) is 37.5 Å². The molecule has 4 aliphatic carbocycles. The first-order chi connectivity index (χ1) is 12.5. The largest absolute Gasteiger partial charge is 0.339 e. The van der Waals surface area contributed by atoms with Gasteiger partial charge in [-0.15, -0.1) is 0 Å². The Morgan fingerprint density at radius 2 is 1.31 bits per heavy atom. The van der Waals surface area contributed by atoms with Crippen molar-refractivity contribution >= 4 is 11.9 Å². The molecule has 146 valence electrons. The van der Waals surface area contributed by atoms with Crippen LogP contribution in [0.2, 0.25) is 0 Å². The number of piperazine rings is 1. The number of amides is 3. The van der Waals surface area contributed by atoms with Crippen molar-refractivity contribution in [2.75, 3.05) is 39.3 Å². The summed E-state index contributed by atoms with van der Waals surface area (Å²) in [6.45, 7) is 8.32. The van der Waals surface area contributed by atoms with E-state index in [9.17, 15) is 9.59 Å². The second kappa shape index (κ2) is 7.05. The predicted molar refractivity (Wildman–Crippen MR) is 102 cm³/mol. The Bertz CT molecular complexity index is 514. The number of hydrogen-bond acceptors (Lipinski definition) is 2. The number of urea groups is 1. The van der Waals surface area contributed by atoms with Crippen LogP contribution >= 0.6 is 0 Å². The number of hydrogen-bond donors (Lipinski definition) is 0. The summed E-state index contributed by atoms with van der Waals surface area (Å²) < 4.78 is 0. The summed E-state index contributed by atoms with van der Waals surface area (Å²) in [6.07, 6.45) is 8.95. The summed E-state index contributed by atoms with van der Waals surface area (Å²) in [5, 5.41) is 0. The quantitative estimate of drug-likeness (QED) is 0.772. The van der Waals surface area contributed by atoms with Gasteiger partial charge in [-0.05, 0) is 75.5 Å². The van der Waals surface area contributed by atoms with Crippen molar-refractivity contribution in [3.05, 3.63) is 0 Å². The standard InChI is InChI=1S/C21H35N3O2/c1-3-22(4-2)20(26)24-7-5-23(6-8-24)19(25)15-21-12-16-9-17(13-21)11-18(10-16)14-21/h16-18H,3-15H2,1-2H3. The molecule has 0 atom stereocenters. The van der Waals surface area contributed by atoms with Crippen LogP contribution < -0.4 is 0 Å². The van der Waals surface area contributed by atoms with Gasteiger partial charge in [0.25, 0.3) is 0 Å². The van der Waals surface area contributed by atoms with E-state index >= 15 is 0 Å². The zero-order valence-electron chi connectivity index (χ0n) is 16.6. The van der Waals surface area contributed by atoms with E-state index in [2.05, 4.69) is 0 Å². The molecule has 4 bridgehead atoms. The molecule has 5 rings (SSSR count). The van der Waals surface area contributed by atoms with Gasteiger partial charge in [-0.2, -0.15) is 0 Å². The molecule has 4 saturated carbocycles. The minimum atomic E-state index is 0.128. The van der Waals surface area contributed by atoms with Crippen LogP contribution in [0.3, 0.4) is 0 Å². The van der Waals surface area contributed by atoms with Crippen molar-refractivity contribution in [2.24, 2.45) is 23.2 Å². The SMILES string of the molecule is CCN(CC)C(=O)N1CCN(C(=O)CC23CC4CC(CC(C4)C2)C3)CC1. The first-order valence-electron chi connectivity index (χ1n) is 10.8. The van der Waals surface area contributed by atoms with E-state index in [-0.39, 0.29) is 6.03 Å². The molecule has 0 unspecified atom stereocenters. The topological polar surface area (TPSA) is 43.9 Å². The Morgan fingerprint density at radius 1 is 0.846 bits per heavy atom. The molecule has 1 heterocycles. The summed E-state index contributed by atoms with van der Waals surface area (Å²) >= 11 is 0. The molecular formula is C21H35N3O2. The van der Waals surface area contributed by atoms with Gasteiger partial charge in [-0.1, -0.05) is 0 Å². The van der Waals surface area contributed by atoms with Gasteiger partial charge in [-0.3, -0.25) is 4.79 Å². The Morgan fingerprint density at radius 3 is 1.77 bits per heavy atom. The average molecular weight is 362 g/mol. The highest BCUT2D eigenvalue weighted by Gasteiger charge is 2.51. The Labute approximate surface area is 158 Å². The zero-order chi connectivity index (χ0) is 18.3. The van der Waals surface area contributed by atoms with E-state index in [1.54, 1.807) is 0 Å². The lowest BCUT2D eigenvalue weighted by molar-refractivity contribution is -0.141. The van der Waals surface area contributed by atoms with Gasteiger partial charge in [0.2, 0.25) is 5.91 Å². The van der Waals surface area contributed by atoms with E-state index in [0.717, 1.165) is 37.3 Å². The van der Waals surface area contributed by atoms with Crippen LogP contribution in [-0.4, -0.2) is 65.9 Å². The fraction of sp³-hybridized carbons (Fsp3) is 0.905. The van der Waals surface area contributed by atoms with E-state index in [1.165, 1.54) is 38.5 Å². The average Bonchev–Trinajstić information content (AvgIpc) is 2.61. The molecular weight excluding hydrogens is 326 g/mol. The third-order valence-electron chi connectivity index (χ3n) is 7.63. The van der Waals surface area contributed by atoms with E-state index < -0.39 is 0 Å². The highest BCUT2D eigenvalue weighted by Crippen LogP contribution is 2.61. The van der Waals surface area contributed by atoms with Crippen LogP contribution in [0.25, 0.3) is 0 Å². The molecule has 5 aliphatic rings. The van der Waals surface area contributed by atoms with Crippen LogP contribution in [0.15, 0.2) is 0 Å². The summed E-state index contributed by atoms with van der Waals surface area (Å²) in [6, 6.07) is 0.128. The van der Waals surface area contributed by atoms with Gasteiger partial charge < -0.3 is 14.7 Å². The number of carbonyl (C=O) groups is 2. The van der Waals surface area contributed by atoms with Crippen LogP contribution in [0.1, 0.15) is 58.8 Å². The lowest BCUT2D eigenvalue weighted by Gasteiger charge is -2.57. The molecule has 5 fully saturated rings. The van der Waals surface area contributed by atoms with E-state index in [1.807, 2.05) is 28.5 Å². The molecule has 0 aromatic carbocycles. The fourth-order valence-electron chi connectivity index (χ4n) is 6.78. The second-order valence-corrected chi connectivity index (χ2v) is 9.42. The van der Waals surface area contributed by atoms with Crippen molar-refractivity contribution in [2.45, 2.75) is 58.8 Å². The number of rotatable bonds is 4. The Balaban J connectivity index is 1.31. The van der Waals surface area contributed by atoms with Crippen molar-refractivity contribution < 1.29 is 9.59 Å². The lowest BCUT2D eigenvalue weighted by atomic mass is 9.49. The number of nitrogens with zero attached hydrogens (tertiary/aromatic N) is 3. The molecule has 0 N–H and O–H groups in total. The van der Waals surface area contributed by atoms with Gasteiger partial charge >= 0.3 is 6.03 Å². The van der Waals surface area contributed by atoms with Crippen LogP contribution in [-0.2, 0) is 4.79 Å². The van der Waals surface area contributed by atoms with Crippen molar-refractivity contribution in [1.82, 2.24) is 14.7 Å². The van der Waals surface area contributed by atoms with Gasteiger partial charge in [0, 0.05) is 45.7 Å². The Hall–Kier alpha value is -1.26. The first-order valence-corrected chi connectivity index (χ1v) is 10.8. The minimum Gasteiger partial charge on any atom is -0.339 e. The normalized spacial score (nSPS) is 35.7. The summed E-state index contributed by atoms with van der Waals surface area (Å²) in [4.78, 5) is 31.3. The maximum Gasteiger partial charge on any atom is 0.320 e. The summed E-state index contributed by atoms with van der Waals surface area (Å²) in [5.74, 6) is 3.05. The fourth-order valence-corrected chi connectivity index (χ4v) is 6.78. The highest BCUT2D eigenvalue weighted by molar-refractivity contribution is 5.78. The second-order valence-electron chi connectivity index (χ2n) is 9.42. The van der Waals surface area contributed by atoms with Crippen molar-refractivity contribution in [1.29, 1.82) is 0 Å². The Kier molecular flexibility index (Phi) is 4.91. The zero-order valence-corrected chi connectivity index (χ0v) is 16.6. The van der Waals surface area contributed by atoms with Gasteiger partial charge in [0.15, 0.2) is 0 Å². The number of carbonyl (C=O) groups excluding carboxylic acids is 2. The van der Waals surface area contributed by atoms with Gasteiger partial charge in [-0.25, -0.2) is 4.79 Å². The first kappa shape index (κ1) is 18.1. The molecule has 5 nitrogen and oxygen atoms in total. The third kappa shape index (κ3) is 3.34. The molecule has 0 aromatic rings. The summed E-state index contributed by atoms with van der Waals surface area (Å²) in [5.41, 5.74) is 0.319. The molecule has 5 heteroatoms. The molecule has 0 spiro atoms. The van der Waals surface area contributed by atoms with Crippen LogP contribution in [0.5, 0.6) is 0 Å². The predicted octanol–water partition coefficient (Wildman–Crippen LogP) is 3.20. The van der Waals surface area contributed by atoms with Crippen molar-refractivity contribution in [3.63, 3.8) is 0 Å². The molecule has 0 radical (unpaired) electrons. The molecule has 0 aromatic heterocycles. The van der Waals surface area contributed by atoms with Crippen LogP contribution in [0, 0.1) is 23.2 Å². The van der Waals surface area contributed by atoms with Gasteiger partial charge in [0.05, 0.1) is 0 Å². The molecule has 1 aliphatic heterocycles. The van der Waals surface area contributed by atoms with Crippen LogP contribution in [0.4, 0.5) is 4.79 Å². The third-order valence-corrected chi connectivity index (χ3v) is 7.63. The molecule has 3 amide bonds. The molecule has 1 saturated heterocycles. The summed E-state index contributed by atoms with van der Waals surface area (Å²) in [7, 11) is 0. The monoisotopic (exact) mass is 361 g/mol. The highest BCUT2D eigenvalue weighted by atomic mass is 16.2. The lowest BCUT2D eigenvalue weighted by Crippen LogP contribution is -2.55. The maximum absolute atomic E-state index is 13.0. The van der Waals surface area contributed by atoms with Crippen molar-refractivity contribution in [3.8, 4) is 0 Å².